The molecule has 20 heavy (non-hydrogen) atoms. The number of likely N-dealkylation sites (tertiary alicyclic amines) is 1. The summed E-state index contributed by atoms with van der Waals surface area (Å²) < 4.78 is 6.27. The van der Waals surface area contributed by atoms with Crippen LogP contribution >= 0.6 is 15.9 Å². The summed E-state index contributed by atoms with van der Waals surface area (Å²) in [5.74, 6) is 0. The molecule has 1 aliphatic rings. The van der Waals surface area contributed by atoms with Crippen molar-refractivity contribution in [3.8, 4) is 0 Å². The molecule has 1 heterocycles. The molecule has 0 radical (unpaired) electrons. The molecule has 2 rings (SSSR count). The van der Waals surface area contributed by atoms with Gasteiger partial charge >= 0.3 is 0 Å². The highest BCUT2D eigenvalue weighted by molar-refractivity contribution is 9.10. The lowest BCUT2D eigenvalue weighted by atomic mass is 10.1. The molecule has 6 heteroatoms. The summed E-state index contributed by atoms with van der Waals surface area (Å²) in [5.41, 5.74) is 1.08. The average Bonchev–Trinajstić information content (AvgIpc) is 2.42. The maximum absolute atomic E-state index is 10.9. The Morgan fingerprint density at radius 2 is 2.35 bits per heavy atom. The highest BCUT2D eigenvalue weighted by atomic mass is 79.9. The third kappa shape index (κ3) is 3.77. The van der Waals surface area contributed by atoms with Crippen LogP contribution in [0.1, 0.15) is 25.3 Å². The third-order valence-electron chi connectivity index (χ3n) is 3.51. The summed E-state index contributed by atoms with van der Waals surface area (Å²) in [6.07, 6.45) is 2.49. The van der Waals surface area contributed by atoms with Gasteiger partial charge in [0.05, 0.1) is 15.5 Å². The fourth-order valence-electron chi connectivity index (χ4n) is 2.60. The van der Waals surface area contributed by atoms with Gasteiger partial charge in [0.1, 0.15) is 0 Å². The second-order valence-corrected chi connectivity index (χ2v) is 5.76. The van der Waals surface area contributed by atoms with Crippen molar-refractivity contribution in [2.24, 2.45) is 0 Å². The van der Waals surface area contributed by atoms with Gasteiger partial charge in [-0.25, -0.2) is 0 Å². The second kappa shape index (κ2) is 7.15. The van der Waals surface area contributed by atoms with Gasteiger partial charge in [0.2, 0.25) is 0 Å². The van der Waals surface area contributed by atoms with E-state index in [-0.39, 0.29) is 16.7 Å². The van der Waals surface area contributed by atoms with Gasteiger partial charge in [0.25, 0.3) is 5.69 Å². The van der Waals surface area contributed by atoms with Gasteiger partial charge in [0.15, 0.2) is 0 Å². The normalized spacial score (nSPS) is 20.0. The van der Waals surface area contributed by atoms with E-state index in [0.717, 1.165) is 38.1 Å². The maximum Gasteiger partial charge on any atom is 0.283 e. The van der Waals surface area contributed by atoms with Crippen LogP contribution in [-0.2, 0) is 11.3 Å². The van der Waals surface area contributed by atoms with Crippen molar-refractivity contribution in [3.05, 3.63) is 38.3 Å². The Balaban J connectivity index is 2.06. The van der Waals surface area contributed by atoms with Gasteiger partial charge in [-0.15, -0.1) is 0 Å². The molecule has 0 saturated carbocycles. The van der Waals surface area contributed by atoms with Gasteiger partial charge in [0, 0.05) is 25.8 Å². The molecule has 0 N–H and O–H groups in total. The van der Waals surface area contributed by atoms with E-state index < -0.39 is 0 Å². The van der Waals surface area contributed by atoms with Crippen LogP contribution in [0.4, 0.5) is 5.69 Å². The highest BCUT2D eigenvalue weighted by Crippen LogP contribution is 2.29. The Hall–Kier alpha value is -0.980. The third-order valence-corrected chi connectivity index (χ3v) is 4.43. The fraction of sp³-hybridized carbons (Fsp3) is 0.571. The SMILES string of the molecule is CCOC1CCCN(Cc2cccc([N+](=O)[O-])c2Br)C1. The summed E-state index contributed by atoms with van der Waals surface area (Å²) in [7, 11) is 0. The van der Waals surface area contributed by atoms with E-state index in [1.54, 1.807) is 6.07 Å². The first-order valence-corrected chi connectivity index (χ1v) is 7.66. The lowest BCUT2D eigenvalue weighted by molar-refractivity contribution is -0.385. The number of nitro groups is 1. The Morgan fingerprint density at radius 1 is 1.55 bits per heavy atom. The summed E-state index contributed by atoms with van der Waals surface area (Å²) in [6, 6.07) is 5.19. The molecule has 1 fully saturated rings. The predicted octanol–water partition coefficient (Wildman–Crippen LogP) is 3.36. The molecule has 1 saturated heterocycles. The zero-order chi connectivity index (χ0) is 14.5. The minimum Gasteiger partial charge on any atom is -0.377 e. The van der Waals surface area contributed by atoms with Crippen molar-refractivity contribution in [1.82, 2.24) is 4.90 Å². The fourth-order valence-corrected chi connectivity index (χ4v) is 3.13. The minimum atomic E-state index is -0.354. The Labute approximate surface area is 127 Å². The molecule has 0 aromatic heterocycles. The molecule has 1 aliphatic heterocycles. The van der Waals surface area contributed by atoms with E-state index in [9.17, 15) is 10.1 Å². The number of hydrogen-bond acceptors (Lipinski definition) is 4. The van der Waals surface area contributed by atoms with Crippen LogP contribution in [0.5, 0.6) is 0 Å². The molecule has 1 atom stereocenters. The summed E-state index contributed by atoms with van der Waals surface area (Å²) in [6.45, 7) is 5.36. The molecule has 1 unspecified atom stereocenters. The smallest absolute Gasteiger partial charge is 0.283 e. The van der Waals surface area contributed by atoms with Crippen LogP contribution in [0, 0.1) is 10.1 Å². The molecular formula is C14H19BrN2O3. The molecule has 5 nitrogen and oxygen atoms in total. The number of ether oxygens (including phenoxy) is 1. The molecule has 1 aromatic carbocycles. The molecule has 110 valence electrons. The van der Waals surface area contributed by atoms with E-state index in [1.165, 1.54) is 6.07 Å². The first kappa shape index (κ1) is 15.4. The Bertz CT molecular complexity index is 479. The zero-order valence-electron chi connectivity index (χ0n) is 11.5. The lowest BCUT2D eigenvalue weighted by Crippen LogP contribution is -2.39. The second-order valence-electron chi connectivity index (χ2n) is 4.96. The number of halogens is 1. The van der Waals surface area contributed by atoms with Crippen LogP contribution < -0.4 is 0 Å². The van der Waals surface area contributed by atoms with E-state index in [1.807, 2.05) is 13.0 Å². The number of hydrogen-bond donors (Lipinski definition) is 0. The van der Waals surface area contributed by atoms with Gasteiger partial charge in [-0.1, -0.05) is 12.1 Å². The van der Waals surface area contributed by atoms with Gasteiger partial charge in [-0.05, 0) is 47.8 Å². The van der Waals surface area contributed by atoms with Crippen LogP contribution in [0.15, 0.2) is 22.7 Å². The zero-order valence-corrected chi connectivity index (χ0v) is 13.1. The van der Waals surface area contributed by atoms with Crippen molar-refractivity contribution in [2.75, 3.05) is 19.7 Å². The Morgan fingerprint density at radius 3 is 3.05 bits per heavy atom. The quantitative estimate of drug-likeness (QED) is 0.608. The Kier molecular flexibility index (Phi) is 5.51. The van der Waals surface area contributed by atoms with Gasteiger partial charge in [-0.2, -0.15) is 0 Å². The summed E-state index contributed by atoms with van der Waals surface area (Å²) >= 11 is 3.35. The molecule has 1 aromatic rings. The van der Waals surface area contributed by atoms with E-state index in [2.05, 4.69) is 20.8 Å². The summed E-state index contributed by atoms with van der Waals surface area (Å²) in [4.78, 5) is 12.9. The van der Waals surface area contributed by atoms with Crippen LogP contribution in [-0.4, -0.2) is 35.6 Å². The topological polar surface area (TPSA) is 55.6 Å². The molecule has 0 aliphatic carbocycles. The number of benzene rings is 1. The largest absolute Gasteiger partial charge is 0.377 e. The van der Waals surface area contributed by atoms with Crippen molar-refractivity contribution in [3.63, 3.8) is 0 Å². The van der Waals surface area contributed by atoms with E-state index in [4.69, 9.17) is 4.74 Å². The van der Waals surface area contributed by atoms with Crippen LogP contribution in [0.25, 0.3) is 0 Å². The average molecular weight is 343 g/mol. The number of rotatable bonds is 5. The highest BCUT2D eigenvalue weighted by Gasteiger charge is 2.22. The van der Waals surface area contributed by atoms with Crippen molar-refractivity contribution < 1.29 is 9.66 Å². The van der Waals surface area contributed by atoms with Gasteiger partial charge < -0.3 is 4.74 Å². The first-order chi connectivity index (χ1) is 9.61. The molecule has 0 amide bonds. The monoisotopic (exact) mass is 342 g/mol. The van der Waals surface area contributed by atoms with Crippen LogP contribution in [0.2, 0.25) is 0 Å². The van der Waals surface area contributed by atoms with Crippen molar-refractivity contribution in [1.29, 1.82) is 0 Å². The summed E-state index contributed by atoms with van der Waals surface area (Å²) in [5, 5.41) is 10.9. The van der Waals surface area contributed by atoms with E-state index in [0.29, 0.717) is 11.0 Å². The maximum atomic E-state index is 10.9. The lowest BCUT2D eigenvalue weighted by Gasteiger charge is -2.32. The minimum absolute atomic E-state index is 0.126. The number of nitrogens with zero attached hydrogens (tertiary/aromatic N) is 2. The van der Waals surface area contributed by atoms with Gasteiger partial charge in [-0.3, -0.25) is 15.0 Å². The number of nitro benzene ring substituents is 1. The molecular weight excluding hydrogens is 324 g/mol. The number of piperidine rings is 1. The predicted molar refractivity (Wildman–Crippen MR) is 80.7 cm³/mol. The molecule has 0 bridgehead atoms. The van der Waals surface area contributed by atoms with E-state index >= 15 is 0 Å². The first-order valence-electron chi connectivity index (χ1n) is 6.87. The standard InChI is InChI=1S/C14H19BrN2O3/c1-2-20-12-6-4-8-16(10-12)9-11-5-3-7-13(14(11)15)17(18)19/h3,5,7,12H,2,4,6,8-10H2,1H3. The van der Waals surface area contributed by atoms with Crippen LogP contribution in [0.3, 0.4) is 0 Å². The van der Waals surface area contributed by atoms with Crippen molar-refractivity contribution >= 4 is 21.6 Å². The molecule has 0 spiro atoms. The van der Waals surface area contributed by atoms with Crippen molar-refractivity contribution in [2.45, 2.75) is 32.4 Å².